The van der Waals surface area contributed by atoms with Gasteiger partial charge in [0, 0.05) is 11.9 Å². The molecule has 2 aliphatic rings. The average Bonchev–Trinajstić information content (AvgIpc) is 3.27. The van der Waals surface area contributed by atoms with Crippen LogP contribution in [0.4, 0.5) is 4.79 Å². The molecule has 0 radical (unpaired) electrons. The van der Waals surface area contributed by atoms with E-state index in [1.807, 2.05) is 13.8 Å². The SMILES string of the molecule is C=C1C=CN([C@@H]2O[C@H](COP(=O)(N[C@@H](C)C(=O)OC(C)C)Oc3ccccc3)[C@@H](OC(=O)C(CCC)CCC)[C@@]2(C)C#N)C(=O)N1. The van der Waals surface area contributed by atoms with Crippen molar-refractivity contribution in [1.82, 2.24) is 15.3 Å². The molecular formula is C32H45N4O9P. The lowest BCUT2D eigenvalue weighted by atomic mass is 9.83. The molecule has 1 unspecified atom stereocenters. The first-order valence-electron chi connectivity index (χ1n) is 15.5. The summed E-state index contributed by atoms with van der Waals surface area (Å²) in [7, 11) is -4.34. The summed E-state index contributed by atoms with van der Waals surface area (Å²) < 4.78 is 43.3. The number of hydrogen-bond acceptors (Lipinski definition) is 10. The van der Waals surface area contributed by atoms with Crippen molar-refractivity contribution in [2.75, 3.05) is 6.61 Å². The van der Waals surface area contributed by atoms with Gasteiger partial charge in [0.15, 0.2) is 12.3 Å². The molecule has 2 amide bonds. The number of carbonyl (C=O) groups excluding carboxylic acids is 3. The number of nitrogens with zero attached hydrogens (tertiary/aromatic N) is 2. The number of carbonyl (C=O) groups is 3. The molecule has 13 nitrogen and oxygen atoms in total. The Kier molecular flexibility index (Phi) is 13.0. The molecule has 1 aromatic carbocycles. The van der Waals surface area contributed by atoms with Crippen molar-refractivity contribution in [3.63, 3.8) is 0 Å². The number of urea groups is 1. The van der Waals surface area contributed by atoms with Crippen LogP contribution in [0.3, 0.4) is 0 Å². The van der Waals surface area contributed by atoms with Gasteiger partial charge in [-0.25, -0.2) is 9.36 Å². The standard InChI is InChI=1S/C32H45N4O9P/c1-8-13-24(14-9-2)29(38)44-27-26(43-30(32(27,7)20-33)36-18-17-22(5)34-31(36)39)19-41-46(40,45-25-15-11-10-12-16-25)35-23(6)28(37)42-21(3)4/h10-12,15-18,21,23-24,26-27,30H,5,8-9,13-14,19H2,1-4,6-7H3,(H,34,39)(H,35,40)/t23-,26+,27+,30+,32+,46?/m0/s1. The van der Waals surface area contributed by atoms with Gasteiger partial charge in [-0.05, 0) is 58.7 Å². The lowest BCUT2D eigenvalue weighted by Crippen LogP contribution is -2.52. The Morgan fingerprint density at radius 3 is 2.39 bits per heavy atom. The number of esters is 2. The second kappa shape index (κ2) is 16.2. The summed E-state index contributed by atoms with van der Waals surface area (Å²) in [6.45, 7) is 13.5. The van der Waals surface area contributed by atoms with Gasteiger partial charge in [0.05, 0.1) is 24.7 Å². The summed E-state index contributed by atoms with van der Waals surface area (Å²) in [5.41, 5.74) is -1.24. The Morgan fingerprint density at radius 2 is 1.83 bits per heavy atom. The zero-order valence-corrected chi connectivity index (χ0v) is 28.2. The molecule has 0 aliphatic carbocycles. The molecule has 0 saturated carbocycles. The maximum atomic E-state index is 14.2. The van der Waals surface area contributed by atoms with Gasteiger partial charge >= 0.3 is 25.7 Å². The molecule has 0 spiro atoms. The first-order chi connectivity index (χ1) is 21.8. The highest BCUT2D eigenvalue weighted by molar-refractivity contribution is 7.52. The number of hydrogen-bond donors (Lipinski definition) is 2. The summed E-state index contributed by atoms with van der Waals surface area (Å²) in [5, 5.41) is 15.7. The van der Waals surface area contributed by atoms with E-state index < -0.39 is 74.2 Å². The predicted molar refractivity (Wildman–Crippen MR) is 169 cm³/mol. The van der Waals surface area contributed by atoms with Crippen LogP contribution in [0.1, 0.15) is 67.2 Å². The summed E-state index contributed by atoms with van der Waals surface area (Å²) in [6, 6.07) is 8.70. The predicted octanol–water partition coefficient (Wildman–Crippen LogP) is 5.56. The van der Waals surface area contributed by atoms with Crippen LogP contribution >= 0.6 is 7.75 Å². The van der Waals surface area contributed by atoms with E-state index >= 15 is 0 Å². The van der Waals surface area contributed by atoms with Crippen LogP contribution in [0.25, 0.3) is 0 Å². The lowest BCUT2D eigenvalue weighted by Gasteiger charge is -2.35. The number of amides is 2. The highest BCUT2D eigenvalue weighted by Gasteiger charge is 2.60. The lowest BCUT2D eigenvalue weighted by molar-refractivity contribution is -0.161. The molecule has 0 aromatic heterocycles. The largest absolute Gasteiger partial charge is 0.462 e. The van der Waals surface area contributed by atoms with E-state index in [9.17, 15) is 24.2 Å². The van der Waals surface area contributed by atoms with Crippen molar-refractivity contribution in [2.24, 2.45) is 11.3 Å². The Bertz CT molecular complexity index is 1360. The number of ether oxygens (including phenoxy) is 3. The minimum atomic E-state index is -4.34. The molecule has 46 heavy (non-hydrogen) atoms. The topological polar surface area (TPSA) is 166 Å². The fourth-order valence-corrected chi connectivity index (χ4v) is 6.68. The normalized spacial score (nSPS) is 24.7. The minimum Gasteiger partial charge on any atom is -0.462 e. The monoisotopic (exact) mass is 660 g/mol. The van der Waals surface area contributed by atoms with Crippen molar-refractivity contribution >= 4 is 25.7 Å². The Labute approximate surface area is 270 Å². The van der Waals surface area contributed by atoms with Gasteiger partial charge in [-0.15, -0.1) is 0 Å². The molecule has 1 fully saturated rings. The second-order valence-corrected chi connectivity index (χ2v) is 13.5. The molecule has 2 heterocycles. The molecule has 2 aliphatic heterocycles. The number of rotatable bonds is 16. The van der Waals surface area contributed by atoms with Crippen LogP contribution in [0.5, 0.6) is 5.75 Å². The molecular weight excluding hydrogens is 615 g/mol. The van der Waals surface area contributed by atoms with Crippen LogP contribution in [0.15, 0.2) is 54.9 Å². The molecule has 3 rings (SSSR count). The number of benzene rings is 1. The van der Waals surface area contributed by atoms with Gasteiger partial charge < -0.3 is 24.1 Å². The van der Waals surface area contributed by atoms with Gasteiger partial charge in [0.25, 0.3) is 0 Å². The minimum absolute atomic E-state index is 0.190. The van der Waals surface area contributed by atoms with Crippen LogP contribution < -0.4 is 14.9 Å². The van der Waals surface area contributed by atoms with E-state index in [0.717, 1.165) is 12.8 Å². The van der Waals surface area contributed by atoms with E-state index in [4.69, 9.17) is 23.3 Å². The fourth-order valence-electron chi connectivity index (χ4n) is 5.17. The van der Waals surface area contributed by atoms with Crippen LogP contribution in [0, 0.1) is 22.7 Å². The third-order valence-electron chi connectivity index (χ3n) is 7.46. The first kappa shape index (κ1) is 36.8. The molecule has 0 bridgehead atoms. The van der Waals surface area contributed by atoms with E-state index in [1.165, 1.54) is 31.0 Å². The van der Waals surface area contributed by atoms with Gasteiger partial charge in [0.2, 0.25) is 0 Å². The third kappa shape index (κ3) is 9.19. The second-order valence-electron chi connectivity index (χ2n) is 11.8. The van der Waals surface area contributed by atoms with Crippen LogP contribution in [-0.4, -0.2) is 60.1 Å². The van der Waals surface area contributed by atoms with Gasteiger partial charge in [-0.3, -0.25) is 19.0 Å². The third-order valence-corrected chi connectivity index (χ3v) is 9.11. The van der Waals surface area contributed by atoms with E-state index in [0.29, 0.717) is 18.5 Å². The zero-order chi connectivity index (χ0) is 34.1. The molecule has 1 aromatic rings. The van der Waals surface area contributed by atoms with Gasteiger partial charge in [-0.2, -0.15) is 10.3 Å². The number of nitriles is 1. The molecule has 6 atom stereocenters. The van der Waals surface area contributed by atoms with E-state index in [1.54, 1.807) is 44.2 Å². The number of nitrogens with one attached hydrogen (secondary N) is 2. The summed E-state index contributed by atoms with van der Waals surface area (Å²) in [4.78, 5) is 40.2. The van der Waals surface area contributed by atoms with Gasteiger partial charge in [0.1, 0.15) is 23.3 Å². The summed E-state index contributed by atoms with van der Waals surface area (Å²) in [6.07, 6.45) is 1.55. The van der Waals surface area contributed by atoms with Crippen molar-refractivity contribution in [1.29, 1.82) is 5.26 Å². The summed E-state index contributed by atoms with van der Waals surface area (Å²) >= 11 is 0. The quantitative estimate of drug-likeness (QED) is 0.169. The zero-order valence-electron chi connectivity index (χ0n) is 27.3. The Morgan fingerprint density at radius 1 is 1.17 bits per heavy atom. The van der Waals surface area contributed by atoms with Gasteiger partial charge in [-0.1, -0.05) is 51.5 Å². The van der Waals surface area contributed by atoms with Crippen molar-refractivity contribution in [2.45, 2.75) is 97.8 Å². The number of allylic oxidation sites excluding steroid dienone is 1. The first-order valence-corrected chi connectivity index (χ1v) is 17.0. The molecule has 14 heteroatoms. The maximum Gasteiger partial charge on any atom is 0.459 e. The van der Waals surface area contributed by atoms with Crippen molar-refractivity contribution in [3.8, 4) is 11.8 Å². The van der Waals surface area contributed by atoms with Crippen molar-refractivity contribution in [3.05, 3.63) is 54.9 Å². The van der Waals surface area contributed by atoms with Crippen LogP contribution in [0.2, 0.25) is 0 Å². The Balaban J connectivity index is 1.97. The smallest absolute Gasteiger partial charge is 0.459 e. The molecule has 2 N–H and O–H groups in total. The van der Waals surface area contributed by atoms with Crippen LogP contribution in [-0.2, 0) is 32.9 Å². The Hall–Kier alpha value is -3.69. The fraction of sp³-hybridized carbons (Fsp3) is 0.562. The summed E-state index contributed by atoms with van der Waals surface area (Å²) in [5.74, 6) is -1.42. The maximum absolute atomic E-state index is 14.2. The highest BCUT2D eigenvalue weighted by Crippen LogP contribution is 2.48. The molecule has 1 saturated heterocycles. The highest BCUT2D eigenvalue weighted by atomic mass is 31.2. The van der Waals surface area contributed by atoms with E-state index in [-0.39, 0.29) is 5.75 Å². The molecule has 252 valence electrons. The van der Waals surface area contributed by atoms with E-state index in [2.05, 4.69) is 23.1 Å². The van der Waals surface area contributed by atoms with Crippen molar-refractivity contribution < 1.29 is 42.2 Å². The number of para-hydroxylation sites is 1. The average molecular weight is 661 g/mol.